The number of nitrogens with one attached hydrogen (secondary N) is 2. The largest absolute Gasteiger partial charge is 0.488 e. The van der Waals surface area contributed by atoms with Gasteiger partial charge in [0.15, 0.2) is 0 Å². The van der Waals surface area contributed by atoms with Crippen molar-refractivity contribution in [1.82, 2.24) is 10.2 Å². The lowest BCUT2D eigenvalue weighted by Gasteiger charge is -2.32. The predicted molar refractivity (Wildman–Crippen MR) is 123 cm³/mol. The Morgan fingerprint density at radius 3 is 2.58 bits per heavy atom. The molecule has 0 unspecified atom stereocenters. The van der Waals surface area contributed by atoms with Crippen LogP contribution in [0.4, 0.5) is 10.1 Å². The van der Waals surface area contributed by atoms with E-state index in [1.54, 1.807) is 30.0 Å². The van der Waals surface area contributed by atoms with Crippen LogP contribution in [0.25, 0.3) is 0 Å². The summed E-state index contributed by atoms with van der Waals surface area (Å²) in [6.45, 7) is 4.58. The molecule has 0 aliphatic carbocycles. The van der Waals surface area contributed by atoms with Crippen molar-refractivity contribution in [3.63, 3.8) is 0 Å². The van der Waals surface area contributed by atoms with Crippen LogP contribution in [-0.4, -0.2) is 63.2 Å². The van der Waals surface area contributed by atoms with Crippen LogP contribution in [0.2, 0.25) is 0 Å². The number of carbonyl (C=O) groups is 1. The minimum atomic E-state index is -3.95. The number of halogens is 1. The molecule has 0 fully saturated rings. The highest BCUT2D eigenvalue weighted by atomic mass is 32.2. The summed E-state index contributed by atoms with van der Waals surface area (Å²) >= 11 is 0. The molecule has 3 N–H and O–H groups in total. The number of rotatable bonds is 7. The molecule has 0 saturated carbocycles. The zero-order valence-corrected chi connectivity index (χ0v) is 19.7. The smallest absolute Gasteiger partial charge is 0.261 e. The van der Waals surface area contributed by atoms with Gasteiger partial charge in [0.1, 0.15) is 17.7 Å². The Morgan fingerprint density at radius 2 is 1.94 bits per heavy atom. The maximum atomic E-state index is 13.2. The van der Waals surface area contributed by atoms with Gasteiger partial charge in [0.2, 0.25) is 5.91 Å². The Morgan fingerprint density at radius 1 is 1.24 bits per heavy atom. The van der Waals surface area contributed by atoms with E-state index in [2.05, 4.69) is 10.0 Å². The van der Waals surface area contributed by atoms with Crippen molar-refractivity contribution < 1.29 is 27.4 Å². The summed E-state index contributed by atoms with van der Waals surface area (Å²) < 4.78 is 47.3. The monoisotopic (exact) mass is 479 g/mol. The molecule has 1 heterocycles. The highest BCUT2D eigenvalue weighted by Crippen LogP contribution is 2.29. The first-order valence-electron chi connectivity index (χ1n) is 10.8. The molecular weight excluding hydrogens is 449 g/mol. The average molecular weight is 480 g/mol. The summed E-state index contributed by atoms with van der Waals surface area (Å²) in [5.74, 6) is -0.234. The number of benzene rings is 2. The summed E-state index contributed by atoms with van der Waals surface area (Å²) in [5, 5.41) is 12.8. The van der Waals surface area contributed by atoms with E-state index in [0.29, 0.717) is 24.4 Å². The van der Waals surface area contributed by atoms with E-state index in [9.17, 15) is 22.7 Å². The second-order valence-electron chi connectivity index (χ2n) is 8.33. The number of anilines is 1. The number of carbonyl (C=O) groups excluding carboxylic acids is 1. The summed E-state index contributed by atoms with van der Waals surface area (Å²) in [6, 6.07) is 8.93. The Labute approximate surface area is 193 Å². The fourth-order valence-electron chi connectivity index (χ4n) is 3.77. The number of hydrogen-bond donors (Lipinski definition) is 3. The predicted octanol–water partition coefficient (Wildman–Crippen LogP) is 1.99. The lowest BCUT2D eigenvalue weighted by molar-refractivity contribution is -0.134. The van der Waals surface area contributed by atoms with Gasteiger partial charge < -0.3 is 20.1 Å². The molecule has 2 aromatic rings. The van der Waals surface area contributed by atoms with Crippen LogP contribution in [-0.2, 0) is 21.2 Å². The number of aliphatic hydroxyl groups excluding tert-OH is 1. The molecule has 0 aromatic heterocycles. The SMILES string of the molecule is CNC[C@@H]1Oc2ccc(NS(=O)(=O)c3ccc(F)cc3)cc2CC(=O)N([C@H](C)CO)C[C@@H]1C. The van der Waals surface area contributed by atoms with Crippen molar-refractivity contribution in [2.24, 2.45) is 5.92 Å². The van der Waals surface area contributed by atoms with Gasteiger partial charge in [-0.05, 0) is 56.4 Å². The van der Waals surface area contributed by atoms with E-state index in [-0.39, 0.29) is 47.6 Å². The topological polar surface area (TPSA) is 108 Å². The Bertz CT molecular complexity index is 1080. The number of nitrogens with zero attached hydrogens (tertiary/aromatic N) is 1. The van der Waals surface area contributed by atoms with Gasteiger partial charge in [0.05, 0.1) is 24.0 Å². The van der Waals surface area contributed by atoms with Crippen LogP contribution >= 0.6 is 0 Å². The van der Waals surface area contributed by atoms with Gasteiger partial charge in [0, 0.05) is 30.3 Å². The first-order chi connectivity index (χ1) is 15.6. The van der Waals surface area contributed by atoms with E-state index in [0.717, 1.165) is 12.1 Å². The highest BCUT2D eigenvalue weighted by molar-refractivity contribution is 7.92. The van der Waals surface area contributed by atoms with Crippen LogP contribution in [0.15, 0.2) is 47.4 Å². The Kier molecular flexibility index (Phi) is 7.93. The molecule has 0 saturated heterocycles. The van der Waals surface area contributed by atoms with Crippen LogP contribution < -0.4 is 14.8 Å². The summed E-state index contributed by atoms with van der Waals surface area (Å²) in [6.07, 6.45) is -0.250. The molecule has 0 radical (unpaired) electrons. The zero-order valence-electron chi connectivity index (χ0n) is 18.9. The van der Waals surface area contributed by atoms with Crippen molar-refractivity contribution in [3.05, 3.63) is 53.8 Å². The summed E-state index contributed by atoms with van der Waals surface area (Å²) in [4.78, 5) is 14.7. The molecular formula is C23H30FN3O5S. The minimum Gasteiger partial charge on any atom is -0.488 e. The molecule has 3 atom stereocenters. The van der Waals surface area contributed by atoms with Crippen LogP contribution in [0, 0.1) is 11.7 Å². The van der Waals surface area contributed by atoms with Gasteiger partial charge in [-0.15, -0.1) is 0 Å². The first kappa shape index (κ1) is 24.9. The van der Waals surface area contributed by atoms with Gasteiger partial charge in [-0.1, -0.05) is 6.92 Å². The van der Waals surface area contributed by atoms with Gasteiger partial charge in [-0.3, -0.25) is 9.52 Å². The van der Waals surface area contributed by atoms with Crippen molar-refractivity contribution in [1.29, 1.82) is 0 Å². The van der Waals surface area contributed by atoms with Gasteiger partial charge in [-0.25, -0.2) is 12.8 Å². The maximum absolute atomic E-state index is 13.2. The average Bonchev–Trinajstić information content (AvgIpc) is 2.81. The molecule has 8 nitrogen and oxygen atoms in total. The fraction of sp³-hybridized carbons (Fsp3) is 0.435. The quantitative estimate of drug-likeness (QED) is 0.561. The van der Waals surface area contributed by atoms with E-state index in [4.69, 9.17) is 4.74 Å². The molecule has 1 aliphatic heterocycles. The number of fused-ring (bicyclic) bond motifs is 1. The molecule has 2 aromatic carbocycles. The Hall–Kier alpha value is -2.69. The minimum absolute atomic E-state index is 0.00914. The molecule has 0 bridgehead atoms. The van der Waals surface area contributed by atoms with Crippen molar-refractivity contribution >= 4 is 21.6 Å². The van der Waals surface area contributed by atoms with Gasteiger partial charge >= 0.3 is 0 Å². The Balaban J connectivity index is 1.95. The zero-order chi connectivity index (χ0) is 24.2. The van der Waals surface area contributed by atoms with Crippen molar-refractivity contribution in [2.45, 2.75) is 37.3 Å². The third-order valence-corrected chi connectivity index (χ3v) is 7.10. The second-order valence-corrected chi connectivity index (χ2v) is 10.0. The molecule has 1 aliphatic rings. The molecule has 33 heavy (non-hydrogen) atoms. The van der Waals surface area contributed by atoms with Crippen LogP contribution in [0.5, 0.6) is 5.75 Å². The standard InChI is InChI=1S/C23H30FN3O5S/c1-15-13-27(16(2)14-28)23(29)11-17-10-19(6-9-21(17)32-22(15)12-25-3)26-33(30,31)20-7-4-18(24)5-8-20/h4-10,15-16,22,25-26,28H,11-14H2,1-3H3/t15-,16+,22-/m0/s1. The van der Waals surface area contributed by atoms with Gasteiger partial charge in [0.25, 0.3) is 10.0 Å². The fourth-order valence-corrected chi connectivity index (χ4v) is 4.82. The number of sulfonamides is 1. The van der Waals surface area contributed by atoms with Gasteiger partial charge in [-0.2, -0.15) is 0 Å². The molecule has 0 spiro atoms. The number of ether oxygens (including phenoxy) is 1. The summed E-state index contributed by atoms with van der Waals surface area (Å²) in [5.41, 5.74) is 0.790. The summed E-state index contributed by atoms with van der Waals surface area (Å²) in [7, 11) is -2.13. The number of hydrogen-bond acceptors (Lipinski definition) is 6. The van der Waals surface area contributed by atoms with E-state index >= 15 is 0 Å². The highest BCUT2D eigenvalue weighted by Gasteiger charge is 2.30. The van der Waals surface area contributed by atoms with E-state index in [1.807, 2.05) is 14.0 Å². The molecule has 1 amide bonds. The van der Waals surface area contributed by atoms with E-state index < -0.39 is 15.8 Å². The maximum Gasteiger partial charge on any atom is 0.261 e. The normalized spacial score (nSPS) is 20.2. The molecule has 10 heteroatoms. The van der Waals surface area contributed by atoms with Crippen molar-refractivity contribution in [2.75, 3.05) is 31.5 Å². The third-order valence-electron chi connectivity index (χ3n) is 5.70. The number of aliphatic hydroxyl groups is 1. The van der Waals surface area contributed by atoms with Crippen molar-refractivity contribution in [3.8, 4) is 5.75 Å². The molecule has 180 valence electrons. The first-order valence-corrected chi connectivity index (χ1v) is 12.3. The lowest BCUT2D eigenvalue weighted by atomic mass is 10.0. The number of likely N-dealkylation sites (N-methyl/N-ethyl adjacent to an activating group) is 1. The molecule has 3 rings (SSSR count). The van der Waals surface area contributed by atoms with E-state index in [1.165, 1.54) is 12.1 Å². The third kappa shape index (κ3) is 6.01. The lowest BCUT2D eigenvalue weighted by Crippen LogP contribution is -2.47. The van der Waals surface area contributed by atoms with Crippen LogP contribution in [0.1, 0.15) is 19.4 Å². The number of amides is 1. The van der Waals surface area contributed by atoms with Crippen LogP contribution in [0.3, 0.4) is 0 Å². The second kappa shape index (κ2) is 10.5.